The number of aromatic nitrogens is 7. The van der Waals surface area contributed by atoms with Crippen LogP contribution in [0.2, 0.25) is 5.15 Å². The fourth-order valence-corrected chi connectivity index (χ4v) is 5.31. The average Bonchev–Trinajstić information content (AvgIpc) is 3.30. The lowest BCUT2D eigenvalue weighted by Gasteiger charge is -2.17. The predicted octanol–water partition coefficient (Wildman–Crippen LogP) is 3.11. The molecule has 1 atom stereocenters. The first-order chi connectivity index (χ1) is 19.3. The first kappa shape index (κ1) is 27.2. The van der Waals surface area contributed by atoms with Crippen molar-refractivity contribution in [3.63, 3.8) is 0 Å². The number of benzene rings is 1. The molecule has 206 valence electrons. The van der Waals surface area contributed by atoms with E-state index in [-0.39, 0.29) is 33.8 Å². The summed E-state index contributed by atoms with van der Waals surface area (Å²) in [5.41, 5.74) is 0.874. The fourth-order valence-electron chi connectivity index (χ4n) is 4.13. The molecule has 40 heavy (non-hydrogen) atoms. The topological polar surface area (TPSA) is 170 Å². The van der Waals surface area contributed by atoms with E-state index in [1.165, 1.54) is 26.6 Å². The number of nitrogens with two attached hydrogens (primary N) is 1. The van der Waals surface area contributed by atoms with Crippen LogP contribution in [0.1, 0.15) is 23.7 Å². The number of para-hydroxylation sites is 1. The third kappa shape index (κ3) is 4.99. The molecule has 0 fully saturated rings. The van der Waals surface area contributed by atoms with Gasteiger partial charge in [0.15, 0.2) is 33.3 Å². The Labute approximate surface area is 234 Å². The maximum atomic E-state index is 12.8. The van der Waals surface area contributed by atoms with Crippen LogP contribution in [0, 0.1) is 0 Å². The molecule has 0 saturated carbocycles. The summed E-state index contributed by atoms with van der Waals surface area (Å²) in [6.07, 6.45) is 2.78. The molecule has 0 aliphatic carbocycles. The van der Waals surface area contributed by atoms with Gasteiger partial charge in [0.05, 0.1) is 20.8 Å². The van der Waals surface area contributed by atoms with Crippen LogP contribution >= 0.6 is 11.6 Å². The molecule has 5 rings (SSSR count). The highest BCUT2D eigenvalue weighted by Gasteiger charge is 2.34. The number of methoxy groups -OCH3 is 2. The molecule has 5 aromatic rings. The number of primary sulfonamides is 1. The smallest absolute Gasteiger partial charge is 0.225 e. The minimum Gasteiger partial charge on any atom is -0.494 e. The van der Waals surface area contributed by atoms with Crippen molar-refractivity contribution in [1.29, 1.82) is 0 Å². The number of halogens is 1. The quantitative estimate of drug-likeness (QED) is 0.271. The van der Waals surface area contributed by atoms with Crippen LogP contribution in [-0.4, -0.2) is 63.7 Å². The van der Waals surface area contributed by atoms with E-state index in [0.717, 1.165) is 0 Å². The molecule has 15 heteroatoms. The maximum Gasteiger partial charge on any atom is 0.225 e. The van der Waals surface area contributed by atoms with Crippen molar-refractivity contribution in [2.45, 2.75) is 12.2 Å². The van der Waals surface area contributed by atoms with Crippen LogP contribution in [0.15, 0.2) is 54.9 Å². The summed E-state index contributed by atoms with van der Waals surface area (Å²) in [7, 11) is -1.34. The monoisotopic (exact) mass is 582 g/mol. The Kier molecular flexibility index (Phi) is 7.47. The third-order valence-electron chi connectivity index (χ3n) is 5.74. The molecule has 1 unspecified atom stereocenters. The maximum absolute atomic E-state index is 12.8. The van der Waals surface area contributed by atoms with Gasteiger partial charge in [-0.2, -0.15) is 0 Å². The molecule has 4 heterocycles. The number of hydrogen-bond donors (Lipinski definition) is 1. The van der Waals surface area contributed by atoms with Crippen molar-refractivity contribution >= 4 is 32.9 Å². The van der Waals surface area contributed by atoms with Gasteiger partial charge in [0.25, 0.3) is 0 Å². The van der Waals surface area contributed by atoms with E-state index >= 15 is 0 Å². The first-order valence-electron chi connectivity index (χ1n) is 11.8. The highest BCUT2D eigenvalue weighted by atomic mass is 35.5. The van der Waals surface area contributed by atoms with Gasteiger partial charge in [-0.25, -0.2) is 43.5 Å². The molecule has 4 aromatic heterocycles. The largest absolute Gasteiger partial charge is 0.494 e. The normalized spacial score (nSPS) is 12.3. The minimum absolute atomic E-state index is 0.0995. The number of rotatable bonds is 9. The van der Waals surface area contributed by atoms with E-state index in [1.807, 2.05) is 6.92 Å². The summed E-state index contributed by atoms with van der Waals surface area (Å²) in [5.74, 6) is 1.37. The third-order valence-corrected chi connectivity index (χ3v) is 7.11. The van der Waals surface area contributed by atoms with Gasteiger partial charge in [-0.3, -0.25) is 4.57 Å². The van der Waals surface area contributed by atoms with Gasteiger partial charge in [-0.15, -0.1) is 0 Å². The molecule has 0 amide bonds. The Morgan fingerprint density at radius 3 is 2.25 bits per heavy atom. The van der Waals surface area contributed by atoms with Crippen molar-refractivity contribution < 1.29 is 22.6 Å². The van der Waals surface area contributed by atoms with E-state index in [0.29, 0.717) is 35.4 Å². The summed E-state index contributed by atoms with van der Waals surface area (Å²) >= 11 is 6.51. The van der Waals surface area contributed by atoms with Crippen LogP contribution < -0.4 is 19.3 Å². The Hall–Kier alpha value is -4.40. The van der Waals surface area contributed by atoms with Gasteiger partial charge in [0.2, 0.25) is 15.9 Å². The molecule has 0 saturated heterocycles. The molecule has 0 radical (unpaired) electrons. The van der Waals surface area contributed by atoms with Gasteiger partial charge in [0.1, 0.15) is 28.6 Å². The predicted molar refractivity (Wildman–Crippen MR) is 146 cm³/mol. The van der Waals surface area contributed by atoms with Crippen molar-refractivity contribution in [3.05, 3.63) is 71.5 Å². The van der Waals surface area contributed by atoms with Gasteiger partial charge >= 0.3 is 0 Å². The van der Waals surface area contributed by atoms with Gasteiger partial charge in [-0.05, 0) is 31.2 Å². The number of sulfonamides is 1. The molecule has 2 N–H and O–H groups in total. The first-order valence-corrected chi connectivity index (χ1v) is 13.8. The number of fused-ring (bicyclic) bond motifs is 1. The highest BCUT2D eigenvalue weighted by molar-refractivity contribution is 7.89. The van der Waals surface area contributed by atoms with E-state index in [9.17, 15) is 8.42 Å². The Morgan fingerprint density at radius 2 is 1.62 bits per heavy atom. The van der Waals surface area contributed by atoms with Crippen LogP contribution in [0.3, 0.4) is 0 Å². The summed E-state index contributed by atoms with van der Waals surface area (Å²) in [6.45, 7) is 2.25. The summed E-state index contributed by atoms with van der Waals surface area (Å²) in [5, 5.41) is 3.77. The second-order valence-corrected chi connectivity index (χ2v) is 10.2. The fraction of sp³-hybridized carbons (Fsp3) is 0.200. The zero-order valence-corrected chi connectivity index (χ0v) is 23.1. The zero-order valence-electron chi connectivity index (χ0n) is 21.5. The lowest BCUT2D eigenvalue weighted by molar-refractivity contribution is 0.327. The van der Waals surface area contributed by atoms with E-state index in [1.54, 1.807) is 47.0 Å². The minimum atomic E-state index is -4.34. The molecule has 13 nitrogen and oxygen atoms in total. The second-order valence-electron chi connectivity index (χ2n) is 8.20. The number of nitrogens with zero attached hydrogens (tertiary/aromatic N) is 7. The van der Waals surface area contributed by atoms with Crippen molar-refractivity contribution in [3.8, 4) is 34.6 Å². The number of hydrogen-bond acceptors (Lipinski definition) is 11. The van der Waals surface area contributed by atoms with Gasteiger partial charge in [-0.1, -0.05) is 23.7 Å². The summed E-state index contributed by atoms with van der Waals surface area (Å²) < 4.78 is 44.1. The van der Waals surface area contributed by atoms with E-state index in [4.69, 9.17) is 31.0 Å². The van der Waals surface area contributed by atoms with Crippen LogP contribution in [-0.2, 0) is 10.0 Å². The molecular weight excluding hydrogens is 560 g/mol. The van der Waals surface area contributed by atoms with Crippen LogP contribution in [0.5, 0.6) is 17.4 Å². The molecular formula is C25H23ClN8O5S. The molecule has 0 aliphatic heterocycles. The Bertz CT molecular complexity index is 1780. The van der Waals surface area contributed by atoms with Gasteiger partial charge < -0.3 is 14.2 Å². The molecule has 0 spiro atoms. The highest BCUT2D eigenvalue weighted by Crippen LogP contribution is 2.39. The van der Waals surface area contributed by atoms with E-state index in [2.05, 4.69) is 29.9 Å². The zero-order chi connectivity index (χ0) is 28.4. The van der Waals surface area contributed by atoms with Crippen molar-refractivity contribution in [1.82, 2.24) is 34.5 Å². The molecule has 0 aliphatic rings. The lowest BCUT2D eigenvalue weighted by atomic mass is 10.2. The summed E-state index contributed by atoms with van der Waals surface area (Å²) in [6, 6.07) is 12.0. The standard InChI is InChI=1S/C25H23ClN8O5S/c1-4-39-17-11-5-8-14(30-17)24-33-23-25(34(24)19-15(37-2)9-6-10-16(19)38-3)31-18(21(26)32-23)20(40(27,35)36)22-28-12-7-13-29-22/h5-13,20H,4H2,1-3H3,(H2,27,35,36). The Balaban J connectivity index is 1.88. The van der Waals surface area contributed by atoms with Crippen LogP contribution in [0.4, 0.5) is 0 Å². The number of ether oxygens (including phenoxy) is 3. The second kappa shape index (κ2) is 11.0. The lowest BCUT2D eigenvalue weighted by Crippen LogP contribution is -2.26. The van der Waals surface area contributed by atoms with Gasteiger partial charge in [0, 0.05) is 18.5 Å². The Morgan fingerprint density at radius 1 is 0.950 bits per heavy atom. The van der Waals surface area contributed by atoms with Crippen molar-refractivity contribution in [2.24, 2.45) is 5.14 Å². The number of imidazole rings is 1. The van der Waals surface area contributed by atoms with Crippen molar-refractivity contribution in [2.75, 3.05) is 20.8 Å². The van der Waals surface area contributed by atoms with Crippen LogP contribution in [0.25, 0.3) is 28.5 Å². The SMILES string of the molecule is CCOc1cccc(-c2nc3nc(Cl)c(C(c4ncccn4)S(N)(=O)=O)nc3n2-c2c(OC)cccc2OC)n1. The van der Waals surface area contributed by atoms with E-state index < -0.39 is 15.3 Å². The number of pyridine rings is 1. The average molecular weight is 583 g/mol. The molecule has 0 bridgehead atoms. The summed E-state index contributed by atoms with van der Waals surface area (Å²) in [4.78, 5) is 26.4. The molecule has 1 aromatic carbocycles.